The normalized spacial score (nSPS) is 11.0. The van der Waals surface area contributed by atoms with E-state index in [1.807, 2.05) is 0 Å². The van der Waals surface area contributed by atoms with E-state index in [1.54, 1.807) is 24.3 Å². The van der Waals surface area contributed by atoms with Gasteiger partial charge in [0.15, 0.2) is 11.5 Å². The molecule has 2 aromatic carbocycles. The second kappa shape index (κ2) is 6.25. The maximum atomic E-state index is 12.2. The molecular formula is C17H12N2O5. The number of fused-ring (bicyclic) bond motifs is 1. The Morgan fingerprint density at radius 2 is 1.92 bits per heavy atom. The van der Waals surface area contributed by atoms with Crippen LogP contribution in [0.15, 0.2) is 63.0 Å². The van der Waals surface area contributed by atoms with Crippen LogP contribution >= 0.6 is 0 Å². The zero-order valence-corrected chi connectivity index (χ0v) is 12.3. The van der Waals surface area contributed by atoms with Crippen molar-refractivity contribution < 1.29 is 19.4 Å². The van der Waals surface area contributed by atoms with Crippen LogP contribution in [0.2, 0.25) is 0 Å². The number of carbonyl (C=O) groups excluding carboxylic acids is 1. The predicted octanol–water partition coefficient (Wildman–Crippen LogP) is 1.97. The number of nitrogens with one attached hydrogen (secondary N) is 1. The lowest BCUT2D eigenvalue weighted by atomic mass is 10.2. The Bertz CT molecular complexity index is 1010. The summed E-state index contributed by atoms with van der Waals surface area (Å²) in [6, 6.07) is 10.4. The Labute approximate surface area is 135 Å². The van der Waals surface area contributed by atoms with E-state index < -0.39 is 11.7 Å². The molecule has 3 rings (SSSR count). The molecule has 24 heavy (non-hydrogen) atoms. The predicted molar refractivity (Wildman–Crippen MR) is 87.3 cm³/mol. The molecule has 7 nitrogen and oxygen atoms in total. The van der Waals surface area contributed by atoms with Crippen molar-refractivity contribution in [1.82, 2.24) is 5.43 Å². The quantitative estimate of drug-likeness (QED) is 0.387. The molecule has 7 heteroatoms. The molecule has 0 aliphatic rings. The van der Waals surface area contributed by atoms with E-state index >= 15 is 0 Å². The lowest BCUT2D eigenvalue weighted by Gasteiger charge is -2.02. The molecule has 0 bridgehead atoms. The van der Waals surface area contributed by atoms with Crippen molar-refractivity contribution in [2.24, 2.45) is 5.10 Å². The van der Waals surface area contributed by atoms with Crippen molar-refractivity contribution in [3.63, 3.8) is 0 Å². The first kappa shape index (κ1) is 15.3. The Morgan fingerprint density at radius 3 is 2.71 bits per heavy atom. The summed E-state index contributed by atoms with van der Waals surface area (Å²) >= 11 is 0. The van der Waals surface area contributed by atoms with Gasteiger partial charge in [0.1, 0.15) is 11.8 Å². The highest BCUT2D eigenvalue weighted by atomic mass is 16.3. The van der Waals surface area contributed by atoms with Crippen molar-refractivity contribution in [2.75, 3.05) is 0 Å². The fraction of sp³-hybridized carbons (Fsp3) is 0. The molecule has 0 saturated carbocycles. The number of rotatable bonds is 3. The summed E-state index contributed by atoms with van der Waals surface area (Å²) in [5, 5.41) is 22.7. The van der Waals surface area contributed by atoms with E-state index in [0.29, 0.717) is 11.0 Å². The van der Waals surface area contributed by atoms with Crippen LogP contribution in [-0.4, -0.2) is 22.3 Å². The summed E-state index contributed by atoms with van der Waals surface area (Å²) < 4.78 is 5.33. The average Bonchev–Trinajstić information content (AvgIpc) is 2.59. The van der Waals surface area contributed by atoms with Gasteiger partial charge in [-0.3, -0.25) is 9.59 Å². The van der Waals surface area contributed by atoms with Crippen molar-refractivity contribution in [3.8, 4) is 11.5 Å². The second-order valence-electron chi connectivity index (χ2n) is 4.92. The molecule has 0 aliphatic carbocycles. The second-order valence-corrected chi connectivity index (χ2v) is 4.92. The average molecular weight is 324 g/mol. The van der Waals surface area contributed by atoms with Gasteiger partial charge in [-0.15, -0.1) is 0 Å². The maximum absolute atomic E-state index is 12.2. The molecule has 3 N–H and O–H groups in total. The number of benzene rings is 2. The first-order valence-corrected chi connectivity index (χ1v) is 6.92. The molecule has 0 fully saturated rings. The summed E-state index contributed by atoms with van der Waals surface area (Å²) in [6.45, 7) is 0. The zero-order valence-electron chi connectivity index (χ0n) is 12.3. The Kier molecular flexibility index (Phi) is 3.98. The van der Waals surface area contributed by atoms with E-state index in [9.17, 15) is 19.8 Å². The van der Waals surface area contributed by atoms with Crippen LogP contribution in [-0.2, 0) is 0 Å². The van der Waals surface area contributed by atoms with Crippen molar-refractivity contribution in [1.29, 1.82) is 0 Å². The van der Waals surface area contributed by atoms with Crippen molar-refractivity contribution in [3.05, 3.63) is 70.1 Å². The van der Waals surface area contributed by atoms with Crippen LogP contribution in [0.3, 0.4) is 0 Å². The van der Waals surface area contributed by atoms with Gasteiger partial charge in [-0.05, 0) is 30.3 Å². The van der Waals surface area contributed by atoms with E-state index in [-0.39, 0.29) is 22.3 Å². The van der Waals surface area contributed by atoms with E-state index in [0.717, 1.165) is 6.07 Å². The van der Waals surface area contributed by atoms with Gasteiger partial charge in [0.2, 0.25) is 5.43 Å². The standard InChI is InChI=1S/C17H12N2O5/c20-13-6-5-10(7-14(13)21)17(23)19-18-8-11-9-24-15-4-2-1-3-12(15)16(11)22/h1-9,20-21H,(H,19,23)/b18-8+. The molecule has 0 saturated heterocycles. The van der Waals surface area contributed by atoms with Crippen LogP contribution in [0.1, 0.15) is 15.9 Å². The van der Waals surface area contributed by atoms with Gasteiger partial charge < -0.3 is 14.6 Å². The molecule has 0 aliphatic heterocycles. The molecule has 0 radical (unpaired) electrons. The van der Waals surface area contributed by atoms with Gasteiger partial charge in [-0.25, -0.2) is 5.43 Å². The minimum Gasteiger partial charge on any atom is -0.504 e. The molecular weight excluding hydrogens is 312 g/mol. The fourth-order valence-electron chi connectivity index (χ4n) is 2.07. The van der Waals surface area contributed by atoms with Crippen LogP contribution in [0.4, 0.5) is 0 Å². The Hall–Kier alpha value is -3.61. The number of amides is 1. The third-order valence-corrected chi connectivity index (χ3v) is 3.31. The van der Waals surface area contributed by atoms with Gasteiger partial charge in [0.25, 0.3) is 5.91 Å². The lowest BCUT2D eigenvalue weighted by molar-refractivity contribution is 0.0954. The third-order valence-electron chi connectivity index (χ3n) is 3.31. The number of hydrazone groups is 1. The summed E-state index contributed by atoms with van der Waals surface area (Å²) in [7, 11) is 0. The number of para-hydroxylation sites is 1. The zero-order chi connectivity index (χ0) is 17.1. The number of hydrogen-bond donors (Lipinski definition) is 3. The Morgan fingerprint density at radius 1 is 1.12 bits per heavy atom. The van der Waals surface area contributed by atoms with E-state index in [2.05, 4.69) is 10.5 Å². The smallest absolute Gasteiger partial charge is 0.271 e. The minimum absolute atomic E-state index is 0.105. The molecule has 1 heterocycles. The summed E-state index contributed by atoms with van der Waals surface area (Å²) in [5.74, 6) is -1.35. The summed E-state index contributed by atoms with van der Waals surface area (Å²) in [4.78, 5) is 24.1. The highest BCUT2D eigenvalue weighted by Crippen LogP contribution is 2.24. The first-order chi connectivity index (χ1) is 11.6. The molecule has 3 aromatic rings. The molecule has 1 aromatic heterocycles. The lowest BCUT2D eigenvalue weighted by Crippen LogP contribution is -2.18. The molecule has 0 atom stereocenters. The van der Waals surface area contributed by atoms with Gasteiger partial charge >= 0.3 is 0 Å². The molecule has 1 amide bonds. The Balaban J connectivity index is 1.79. The number of hydrogen-bond acceptors (Lipinski definition) is 6. The summed E-state index contributed by atoms with van der Waals surface area (Å²) in [6.07, 6.45) is 2.43. The van der Waals surface area contributed by atoms with Gasteiger partial charge in [-0.1, -0.05) is 12.1 Å². The molecule has 120 valence electrons. The highest BCUT2D eigenvalue weighted by molar-refractivity contribution is 5.95. The van der Waals surface area contributed by atoms with Crippen LogP contribution in [0.5, 0.6) is 11.5 Å². The molecule has 0 unspecified atom stereocenters. The SMILES string of the molecule is O=C(N/N=C/c1coc2ccccc2c1=O)c1ccc(O)c(O)c1. The highest BCUT2D eigenvalue weighted by Gasteiger charge is 2.08. The van der Waals surface area contributed by atoms with Crippen LogP contribution in [0.25, 0.3) is 11.0 Å². The van der Waals surface area contributed by atoms with Crippen LogP contribution in [0, 0.1) is 0 Å². The van der Waals surface area contributed by atoms with Crippen LogP contribution < -0.4 is 10.9 Å². The molecule has 0 spiro atoms. The van der Waals surface area contributed by atoms with E-state index in [1.165, 1.54) is 24.6 Å². The number of nitrogens with zero attached hydrogens (tertiary/aromatic N) is 1. The van der Waals surface area contributed by atoms with Crippen molar-refractivity contribution in [2.45, 2.75) is 0 Å². The number of aromatic hydroxyl groups is 2. The van der Waals surface area contributed by atoms with Gasteiger partial charge in [-0.2, -0.15) is 5.10 Å². The summed E-state index contributed by atoms with van der Waals surface area (Å²) in [5.41, 5.74) is 2.71. The number of carbonyl (C=O) groups is 1. The monoisotopic (exact) mass is 324 g/mol. The van der Waals surface area contributed by atoms with Gasteiger partial charge in [0, 0.05) is 5.56 Å². The maximum Gasteiger partial charge on any atom is 0.271 e. The largest absolute Gasteiger partial charge is 0.504 e. The van der Waals surface area contributed by atoms with Gasteiger partial charge in [0.05, 0.1) is 17.2 Å². The fourth-order valence-corrected chi connectivity index (χ4v) is 2.07. The third kappa shape index (κ3) is 2.95. The van der Waals surface area contributed by atoms with E-state index in [4.69, 9.17) is 4.42 Å². The first-order valence-electron chi connectivity index (χ1n) is 6.92. The topological polar surface area (TPSA) is 112 Å². The number of phenolic OH excluding ortho intramolecular Hbond substituents is 2. The van der Waals surface area contributed by atoms with Crippen molar-refractivity contribution >= 4 is 23.1 Å². The number of phenols is 2. The minimum atomic E-state index is -0.605.